The molecule has 0 aliphatic rings. The number of aryl methyl sites for hydroxylation is 3. The van der Waals surface area contributed by atoms with Crippen molar-refractivity contribution in [3.8, 4) is 11.4 Å². The van der Waals surface area contributed by atoms with Gasteiger partial charge in [-0.2, -0.15) is 4.68 Å². The van der Waals surface area contributed by atoms with E-state index in [-0.39, 0.29) is 5.91 Å². The number of aromatic nitrogens is 4. The SMILES string of the molecule is COc1ccc(NC(=O)CSc2cc(C)ccc2C)cc1-n1nnnc1C. The molecule has 140 valence electrons. The zero-order chi connectivity index (χ0) is 19.4. The van der Waals surface area contributed by atoms with Crippen LogP contribution >= 0.6 is 11.8 Å². The maximum Gasteiger partial charge on any atom is 0.234 e. The van der Waals surface area contributed by atoms with Crippen LogP contribution in [0.4, 0.5) is 5.69 Å². The lowest BCUT2D eigenvalue weighted by molar-refractivity contribution is -0.113. The zero-order valence-electron chi connectivity index (χ0n) is 15.7. The van der Waals surface area contributed by atoms with Crippen LogP contribution < -0.4 is 10.1 Å². The van der Waals surface area contributed by atoms with Gasteiger partial charge >= 0.3 is 0 Å². The molecule has 8 heteroatoms. The second-order valence-electron chi connectivity index (χ2n) is 6.13. The fourth-order valence-corrected chi connectivity index (χ4v) is 3.51. The van der Waals surface area contributed by atoms with Crippen LogP contribution in [0.1, 0.15) is 17.0 Å². The Labute approximate surface area is 162 Å². The van der Waals surface area contributed by atoms with Gasteiger partial charge in [-0.1, -0.05) is 17.7 Å². The normalized spacial score (nSPS) is 10.7. The minimum atomic E-state index is -0.0783. The zero-order valence-corrected chi connectivity index (χ0v) is 16.5. The third-order valence-electron chi connectivity index (χ3n) is 4.02. The highest BCUT2D eigenvalue weighted by Gasteiger charge is 2.13. The lowest BCUT2D eigenvalue weighted by Gasteiger charge is -2.12. The molecule has 1 N–H and O–H groups in total. The van der Waals surface area contributed by atoms with Gasteiger partial charge in [-0.15, -0.1) is 16.9 Å². The number of amides is 1. The average molecular weight is 383 g/mol. The monoisotopic (exact) mass is 383 g/mol. The van der Waals surface area contributed by atoms with Gasteiger partial charge in [0.25, 0.3) is 0 Å². The number of nitrogens with zero attached hydrogens (tertiary/aromatic N) is 4. The van der Waals surface area contributed by atoms with Crippen molar-refractivity contribution in [2.45, 2.75) is 25.7 Å². The number of hydrogen-bond donors (Lipinski definition) is 1. The summed E-state index contributed by atoms with van der Waals surface area (Å²) in [6.45, 7) is 5.89. The van der Waals surface area contributed by atoms with Crippen LogP contribution in [0.3, 0.4) is 0 Å². The molecule has 3 rings (SSSR count). The maximum atomic E-state index is 12.4. The fourth-order valence-electron chi connectivity index (χ4n) is 2.59. The molecule has 0 radical (unpaired) electrons. The molecule has 0 atom stereocenters. The number of ether oxygens (including phenoxy) is 1. The van der Waals surface area contributed by atoms with Crippen LogP contribution in [0.15, 0.2) is 41.3 Å². The molecule has 0 aliphatic carbocycles. The van der Waals surface area contributed by atoms with E-state index in [2.05, 4.69) is 39.0 Å². The van der Waals surface area contributed by atoms with E-state index < -0.39 is 0 Å². The molecule has 27 heavy (non-hydrogen) atoms. The number of carbonyl (C=O) groups excluding carboxylic acids is 1. The number of carbonyl (C=O) groups is 1. The van der Waals surface area contributed by atoms with Crippen molar-refractivity contribution < 1.29 is 9.53 Å². The van der Waals surface area contributed by atoms with Crippen LogP contribution in [0.2, 0.25) is 0 Å². The predicted octanol–water partition coefficient (Wildman–Crippen LogP) is 3.33. The van der Waals surface area contributed by atoms with Gasteiger partial charge in [0.05, 0.1) is 12.9 Å². The first-order valence-electron chi connectivity index (χ1n) is 8.41. The molecule has 0 aliphatic heterocycles. The van der Waals surface area contributed by atoms with E-state index in [9.17, 15) is 4.79 Å². The Morgan fingerprint density at radius 3 is 2.70 bits per heavy atom. The van der Waals surface area contributed by atoms with Gasteiger partial charge in [0.1, 0.15) is 11.4 Å². The second-order valence-corrected chi connectivity index (χ2v) is 7.15. The number of thioether (sulfide) groups is 1. The van der Waals surface area contributed by atoms with Gasteiger partial charge in [-0.05, 0) is 61.0 Å². The molecule has 0 fully saturated rings. The van der Waals surface area contributed by atoms with E-state index in [4.69, 9.17) is 4.74 Å². The summed E-state index contributed by atoms with van der Waals surface area (Å²) in [6, 6.07) is 11.6. The van der Waals surface area contributed by atoms with Crippen LogP contribution in [-0.2, 0) is 4.79 Å². The predicted molar refractivity (Wildman–Crippen MR) is 106 cm³/mol. The molecule has 7 nitrogen and oxygen atoms in total. The second kappa shape index (κ2) is 8.22. The molecule has 1 aromatic heterocycles. The Morgan fingerprint density at radius 2 is 2.00 bits per heavy atom. The van der Waals surface area contributed by atoms with Crippen molar-refractivity contribution in [3.63, 3.8) is 0 Å². The summed E-state index contributed by atoms with van der Waals surface area (Å²) in [5, 5.41) is 14.4. The lowest BCUT2D eigenvalue weighted by atomic mass is 10.2. The first-order chi connectivity index (χ1) is 13.0. The average Bonchev–Trinajstić information content (AvgIpc) is 3.08. The van der Waals surface area contributed by atoms with Crippen molar-refractivity contribution in [1.29, 1.82) is 0 Å². The van der Waals surface area contributed by atoms with Crippen molar-refractivity contribution >= 4 is 23.4 Å². The third-order valence-corrected chi connectivity index (χ3v) is 5.18. The molecule has 0 spiro atoms. The van der Waals surface area contributed by atoms with Crippen molar-refractivity contribution in [2.75, 3.05) is 18.2 Å². The van der Waals surface area contributed by atoms with E-state index >= 15 is 0 Å². The van der Waals surface area contributed by atoms with E-state index in [1.54, 1.807) is 36.9 Å². The number of hydrogen-bond acceptors (Lipinski definition) is 6. The topological polar surface area (TPSA) is 81.9 Å². The summed E-state index contributed by atoms with van der Waals surface area (Å²) in [4.78, 5) is 13.5. The van der Waals surface area contributed by atoms with Gasteiger partial charge in [0.2, 0.25) is 5.91 Å². The Kier molecular flexibility index (Phi) is 5.75. The molecule has 1 heterocycles. The lowest BCUT2D eigenvalue weighted by Crippen LogP contribution is -2.14. The molecular formula is C19H21N5O2S. The number of methoxy groups -OCH3 is 1. The standard InChI is InChI=1S/C19H21N5O2S/c1-12-5-6-13(2)18(9-12)27-11-19(25)20-15-7-8-17(26-4)16(10-15)24-14(3)21-22-23-24/h5-10H,11H2,1-4H3,(H,20,25). The summed E-state index contributed by atoms with van der Waals surface area (Å²) in [5.74, 6) is 1.50. The number of nitrogens with one attached hydrogen (secondary N) is 1. The largest absolute Gasteiger partial charge is 0.494 e. The van der Waals surface area contributed by atoms with Crippen molar-refractivity contribution in [2.24, 2.45) is 0 Å². The van der Waals surface area contributed by atoms with Gasteiger partial charge in [0, 0.05) is 10.6 Å². The van der Waals surface area contributed by atoms with E-state index in [1.807, 2.05) is 13.8 Å². The summed E-state index contributed by atoms with van der Waals surface area (Å²) in [6.07, 6.45) is 0. The number of benzene rings is 2. The van der Waals surface area contributed by atoms with Crippen molar-refractivity contribution in [3.05, 3.63) is 53.3 Å². The van der Waals surface area contributed by atoms with Crippen molar-refractivity contribution in [1.82, 2.24) is 20.2 Å². The summed E-state index contributed by atoms with van der Waals surface area (Å²) < 4.78 is 6.95. The first kappa shape index (κ1) is 18.9. The Bertz CT molecular complexity index is 970. The van der Waals surface area contributed by atoms with Crippen LogP contribution in [0.5, 0.6) is 5.75 Å². The Morgan fingerprint density at radius 1 is 1.19 bits per heavy atom. The third kappa shape index (κ3) is 4.46. The molecule has 0 unspecified atom stereocenters. The first-order valence-corrected chi connectivity index (χ1v) is 9.40. The summed E-state index contributed by atoms with van der Waals surface area (Å²) in [5.41, 5.74) is 3.67. The summed E-state index contributed by atoms with van der Waals surface area (Å²) >= 11 is 1.53. The molecule has 0 saturated carbocycles. The molecule has 1 amide bonds. The van der Waals surface area contributed by atoms with Gasteiger partial charge in [-0.3, -0.25) is 4.79 Å². The minimum Gasteiger partial charge on any atom is -0.494 e. The number of rotatable bonds is 6. The Hall–Kier alpha value is -2.87. The number of anilines is 1. The van der Waals surface area contributed by atoms with Crippen LogP contribution in [0.25, 0.3) is 5.69 Å². The molecular weight excluding hydrogens is 362 g/mol. The van der Waals surface area contributed by atoms with E-state index in [0.29, 0.717) is 28.7 Å². The smallest absolute Gasteiger partial charge is 0.234 e. The maximum absolute atomic E-state index is 12.4. The quantitative estimate of drug-likeness (QED) is 0.658. The highest BCUT2D eigenvalue weighted by molar-refractivity contribution is 8.00. The molecule has 2 aromatic carbocycles. The van der Waals surface area contributed by atoms with Gasteiger partial charge < -0.3 is 10.1 Å². The minimum absolute atomic E-state index is 0.0783. The fraction of sp³-hybridized carbons (Fsp3) is 0.263. The molecule has 3 aromatic rings. The van der Waals surface area contributed by atoms with Gasteiger partial charge in [-0.25, -0.2) is 0 Å². The van der Waals surface area contributed by atoms with Crippen LogP contribution in [-0.4, -0.2) is 39.0 Å². The molecule has 0 bridgehead atoms. The highest BCUT2D eigenvalue weighted by atomic mass is 32.2. The van der Waals surface area contributed by atoms with Crippen LogP contribution in [0, 0.1) is 20.8 Å². The molecule has 0 saturated heterocycles. The highest BCUT2D eigenvalue weighted by Crippen LogP contribution is 2.27. The Balaban J connectivity index is 1.73. The van der Waals surface area contributed by atoms with E-state index in [1.165, 1.54) is 22.9 Å². The number of tetrazole rings is 1. The summed E-state index contributed by atoms with van der Waals surface area (Å²) in [7, 11) is 1.58. The van der Waals surface area contributed by atoms with E-state index in [0.717, 1.165) is 4.90 Å². The van der Waals surface area contributed by atoms with Gasteiger partial charge in [0.15, 0.2) is 5.82 Å².